The molecule has 4 aromatic rings. The van der Waals surface area contributed by atoms with E-state index in [9.17, 15) is 4.39 Å². The fourth-order valence-corrected chi connectivity index (χ4v) is 6.56. The Balaban J connectivity index is 1.22. The van der Waals surface area contributed by atoms with E-state index in [0.29, 0.717) is 35.5 Å². The molecule has 9 heteroatoms. The number of aromatic nitrogens is 4. The van der Waals surface area contributed by atoms with Crippen molar-refractivity contribution in [1.82, 2.24) is 19.9 Å². The molecule has 2 atom stereocenters. The number of nitrogens with two attached hydrogens (primary N) is 1. The number of hydrogen-bond donors (Lipinski definition) is 2. The highest BCUT2D eigenvalue weighted by molar-refractivity contribution is 7.99. The number of nitrogens with one attached hydrogen (secondary N) is 1. The number of hydrogen-bond acceptors (Lipinski definition) is 8. The van der Waals surface area contributed by atoms with Crippen molar-refractivity contribution < 1.29 is 4.39 Å². The summed E-state index contributed by atoms with van der Waals surface area (Å²) in [5.74, 6) is 1.71. The van der Waals surface area contributed by atoms with Crippen LogP contribution in [-0.2, 0) is 6.42 Å². The quantitative estimate of drug-likeness (QED) is 0.348. The maximum atomic E-state index is 14.8. The highest BCUT2D eigenvalue weighted by Crippen LogP contribution is 2.50. The van der Waals surface area contributed by atoms with Crippen LogP contribution >= 0.6 is 11.8 Å². The lowest BCUT2D eigenvalue weighted by atomic mass is 10.0. The van der Waals surface area contributed by atoms with E-state index in [-0.39, 0.29) is 5.82 Å². The largest absolute Gasteiger partial charge is 0.382 e. The van der Waals surface area contributed by atoms with Crippen LogP contribution in [0.2, 0.25) is 0 Å². The lowest BCUT2D eigenvalue weighted by Crippen LogP contribution is -2.29. The van der Waals surface area contributed by atoms with Gasteiger partial charge in [-0.15, -0.1) is 0 Å². The molecule has 1 aliphatic heterocycles. The van der Waals surface area contributed by atoms with Crippen molar-refractivity contribution in [2.75, 3.05) is 23.3 Å². The van der Waals surface area contributed by atoms with Crippen molar-refractivity contribution in [3.63, 3.8) is 0 Å². The molecule has 180 valence electrons. The Morgan fingerprint density at radius 1 is 1.06 bits per heavy atom. The third-order valence-electron chi connectivity index (χ3n) is 7.90. The van der Waals surface area contributed by atoms with Crippen LogP contribution in [0.5, 0.6) is 0 Å². The highest BCUT2D eigenvalue weighted by Gasteiger charge is 2.54. The van der Waals surface area contributed by atoms with Crippen LogP contribution in [0.3, 0.4) is 0 Å². The lowest BCUT2D eigenvalue weighted by molar-refractivity contribution is 0.628. The topological polar surface area (TPSA) is 92.9 Å². The number of pyridine rings is 2. The van der Waals surface area contributed by atoms with Crippen LogP contribution in [0, 0.1) is 17.7 Å². The molecular formula is C27H24FN7S. The van der Waals surface area contributed by atoms with E-state index in [2.05, 4.69) is 20.2 Å². The summed E-state index contributed by atoms with van der Waals surface area (Å²) < 4.78 is 14.8. The normalized spacial score (nSPS) is 23.5. The summed E-state index contributed by atoms with van der Waals surface area (Å²) in [5, 5.41) is 4.21. The molecule has 3 aliphatic carbocycles. The van der Waals surface area contributed by atoms with E-state index < -0.39 is 0 Å². The second kappa shape index (κ2) is 7.60. The van der Waals surface area contributed by atoms with Crippen molar-refractivity contribution in [3.8, 4) is 11.1 Å². The zero-order valence-electron chi connectivity index (χ0n) is 19.5. The molecule has 3 fully saturated rings. The maximum Gasteiger partial charge on any atom is 0.194 e. The molecule has 0 radical (unpaired) electrons. The minimum absolute atomic E-state index is 0.227. The fourth-order valence-electron chi connectivity index (χ4n) is 5.79. The van der Waals surface area contributed by atoms with Crippen LogP contribution in [0.1, 0.15) is 24.1 Å². The number of fused-ring (bicyclic) bond motifs is 5. The van der Waals surface area contributed by atoms with Crippen LogP contribution in [0.25, 0.3) is 22.2 Å². The summed E-state index contributed by atoms with van der Waals surface area (Å²) in [6.07, 6.45) is 6.55. The average molecular weight is 498 g/mol. The second-order valence-corrected chi connectivity index (χ2v) is 11.4. The molecule has 4 heterocycles. The Kier molecular flexibility index (Phi) is 4.40. The van der Waals surface area contributed by atoms with Crippen LogP contribution in [0.15, 0.2) is 52.8 Å². The number of benzene rings is 1. The van der Waals surface area contributed by atoms with Gasteiger partial charge in [-0.2, -0.15) is 0 Å². The van der Waals surface area contributed by atoms with Crippen LogP contribution < -0.4 is 16.0 Å². The van der Waals surface area contributed by atoms with Crippen molar-refractivity contribution in [2.45, 2.75) is 41.4 Å². The van der Waals surface area contributed by atoms with E-state index in [0.717, 1.165) is 75.7 Å². The second-order valence-electron chi connectivity index (χ2n) is 10.4. The molecule has 1 saturated heterocycles. The van der Waals surface area contributed by atoms with Gasteiger partial charge in [0.25, 0.3) is 0 Å². The zero-order valence-corrected chi connectivity index (χ0v) is 20.3. The number of anilines is 2. The monoisotopic (exact) mass is 497 g/mol. The van der Waals surface area contributed by atoms with Gasteiger partial charge in [-0.25, -0.2) is 14.4 Å². The molecular weight excluding hydrogens is 473 g/mol. The maximum absolute atomic E-state index is 14.8. The molecule has 36 heavy (non-hydrogen) atoms. The Labute approximate surface area is 211 Å². The Morgan fingerprint density at radius 3 is 2.75 bits per heavy atom. The first kappa shape index (κ1) is 20.8. The van der Waals surface area contributed by atoms with Gasteiger partial charge in [-0.1, -0.05) is 0 Å². The average Bonchev–Trinajstić information content (AvgIpc) is 3.68. The number of nitrogens with zero attached hydrogens (tertiary/aromatic N) is 5. The molecule has 0 spiro atoms. The van der Waals surface area contributed by atoms with Crippen molar-refractivity contribution in [3.05, 3.63) is 59.8 Å². The minimum Gasteiger partial charge on any atom is -0.382 e. The van der Waals surface area contributed by atoms with Crippen molar-refractivity contribution in [1.29, 1.82) is 0 Å². The first-order valence-electron chi connectivity index (χ1n) is 12.5. The Morgan fingerprint density at radius 2 is 1.92 bits per heavy atom. The first-order valence-corrected chi connectivity index (χ1v) is 13.3. The SMILES string of the molecule is NC1C2CN(c3nc(Sc4cnc5cccnc5c4)nc4c3-c3cc(F)cc(NC5CC5)c3C4)CC12. The molecule has 0 bridgehead atoms. The first-order chi connectivity index (χ1) is 17.6. The van der Waals surface area contributed by atoms with Gasteiger partial charge in [0.15, 0.2) is 5.16 Å². The summed E-state index contributed by atoms with van der Waals surface area (Å²) in [6.45, 7) is 1.78. The molecule has 8 rings (SSSR count). The van der Waals surface area contributed by atoms with Gasteiger partial charge in [0.1, 0.15) is 11.6 Å². The van der Waals surface area contributed by atoms with Crippen LogP contribution in [0.4, 0.5) is 15.9 Å². The summed E-state index contributed by atoms with van der Waals surface area (Å²) >= 11 is 1.49. The summed E-state index contributed by atoms with van der Waals surface area (Å²) in [7, 11) is 0. The lowest BCUT2D eigenvalue weighted by Gasteiger charge is -2.23. The van der Waals surface area contributed by atoms with E-state index in [1.165, 1.54) is 11.8 Å². The number of rotatable bonds is 5. The zero-order chi connectivity index (χ0) is 24.0. The summed E-state index contributed by atoms with van der Waals surface area (Å²) in [4.78, 5) is 22.3. The van der Waals surface area contributed by atoms with Gasteiger partial charge >= 0.3 is 0 Å². The molecule has 3 N–H and O–H groups in total. The molecule has 4 aliphatic rings. The molecule has 0 amide bonds. The number of piperidine rings is 1. The third kappa shape index (κ3) is 3.37. The van der Waals surface area contributed by atoms with Gasteiger partial charge in [-0.05, 0) is 77.9 Å². The molecule has 3 aromatic heterocycles. The van der Waals surface area contributed by atoms with E-state index >= 15 is 0 Å². The van der Waals surface area contributed by atoms with E-state index in [4.69, 9.17) is 15.7 Å². The summed E-state index contributed by atoms with van der Waals surface area (Å²) in [6, 6.07) is 9.88. The molecule has 7 nitrogen and oxygen atoms in total. The fraction of sp³-hybridized carbons (Fsp3) is 0.333. The predicted molar refractivity (Wildman–Crippen MR) is 138 cm³/mol. The van der Waals surface area contributed by atoms with Crippen LogP contribution in [-0.4, -0.2) is 45.1 Å². The van der Waals surface area contributed by atoms with Gasteiger partial charge < -0.3 is 16.0 Å². The van der Waals surface area contributed by atoms with E-state index in [1.54, 1.807) is 18.3 Å². The Bertz CT molecular complexity index is 1540. The Hall–Kier alpha value is -3.30. The highest BCUT2D eigenvalue weighted by atomic mass is 32.2. The van der Waals surface area contributed by atoms with Gasteiger partial charge in [0, 0.05) is 60.1 Å². The minimum atomic E-state index is -0.227. The third-order valence-corrected chi connectivity index (χ3v) is 8.73. The molecule has 2 unspecified atom stereocenters. The molecule has 1 aromatic carbocycles. The standard InChI is InChI=1S/C27H24FN7S/c28-13-6-17-16(21(7-13)32-14-3-4-14)9-23-24(17)26(35-11-18-19(12-35)25(18)29)34-27(33-23)36-15-8-22-20(31-10-15)2-1-5-30-22/h1-2,5-8,10,14,18-19,25,32H,3-4,9,11-12,29H2. The molecule has 2 saturated carbocycles. The smallest absolute Gasteiger partial charge is 0.194 e. The van der Waals surface area contributed by atoms with Crippen molar-refractivity contribution >= 4 is 34.3 Å². The van der Waals surface area contributed by atoms with Gasteiger partial charge in [-0.3, -0.25) is 9.97 Å². The summed E-state index contributed by atoms with van der Waals surface area (Å²) in [5.41, 5.74) is 12.8. The van der Waals surface area contributed by atoms with Gasteiger partial charge in [0.05, 0.1) is 16.7 Å². The predicted octanol–water partition coefficient (Wildman–Crippen LogP) is 4.25. The van der Waals surface area contributed by atoms with E-state index in [1.807, 2.05) is 24.4 Å². The van der Waals surface area contributed by atoms with Gasteiger partial charge in [0.2, 0.25) is 0 Å². The van der Waals surface area contributed by atoms with Crippen molar-refractivity contribution in [2.24, 2.45) is 17.6 Å². The number of halogens is 1.